The van der Waals surface area contributed by atoms with Crippen LogP contribution >= 0.6 is 11.3 Å². The number of fused-ring (bicyclic) bond motifs is 8. The van der Waals surface area contributed by atoms with Gasteiger partial charge in [-0.05, 0) is 139 Å². The van der Waals surface area contributed by atoms with Crippen LogP contribution in [0.2, 0.25) is 0 Å². The van der Waals surface area contributed by atoms with E-state index in [-0.39, 0.29) is 23.0 Å². The summed E-state index contributed by atoms with van der Waals surface area (Å²) in [6, 6.07) is 50.1. The molecule has 5 heterocycles. The van der Waals surface area contributed by atoms with E-state index in [0.717, 1.165) is 49.9 Å². The lowest BCUT2D eigenvalue weighted by Gasteiger charge is -2.45. The summed E-state index contributed by atoms with van der Waals surface area (Å²) in [5, 5.41) is 4.87. The van der Waals surface area contributed by atoms with Gasteiger partial charge in [0, 0.05) is 49.3 Å². The van der Waals surface area contributed by atoms with Crippen molar-refractivity contribution in [1.29, 1.82) is 0 Å². The zero-order chi connectivity index (χ0) is 47.2. The van der Waals surface area contributed by atoms with E-state index in [0.29, 0.717) is 0 Å². The monoisotopic (exact) mass is 904 g/mol. The van der Waals surface area contributed by atoms with E-state index in [1.165, 1.54) is 82.0 Å². The Bertz CT molecular complexity index is 3650. The van der Waals surface area contributed by atoms with E-state index in [1.807, 2.05) is 42.1 Å². The summed E-state index contributed by atoms with van der Waals surface area (Å²) in [4.78, 5) is 5.22. The molecule has 7 aromatic carbocycles. The Kier molecular flexibility index (Phi) is 9.31. The fourth-order valence-electron chi connectivity index (χ4n) is 11.0. The molecule has 68 heavy (non-hydrogen) atoms. The van der Waals surface area contributed by atoms with Gasteiger partial charge in [-0.1, -0.05) is 147 Å². The van der Waals surface area contributed by atoms with Crippen LogP contribution in [0.25, 0.3) is 54.3 Å². The average Bonchev–Trinajstić information content (AvgIpc) is 4.04. The van der Waals surface area contributed by atoms with Gasteiger partial charge in [0.1, 0.15) is 11.2 Å². The maximum absolute atomic E-state index is 6.23. The van der Waals surface area contributed by atoms with Crippen molar-refractivity contribution < 1.29 is 8.83 Å². The summed E-state index contributed by atoms with van der Waals surface area (Å²) in [5.74, 6) is 0. The van der Waals surface area contributed by atoms with Crippen molar-refractivity contribution in [1.82, 2.24) is 0 Å². The minimum atomic E-state index is -0.140. The van der Waals surface area contributed by atoms with Crippen molar-refractivity contribution in [2.45, 2.75) is 92.4 Å². The number of hydrogen-bond donors (Lipinski definition) is 0. The van der Waals surface area contributed by atoms with Crippen LogP contribution in [0.4, 0.5) is 33.4 Å². The smallest absolute Gasteiger partial charge is 0.254 e. The Morgan fingerprint density at radius 2 is 1.01 bits per heavy atom. The lowest BCUT2D eigenvalue weighted by atomic mass is 9.33. The van der Waals surface area contributed by atoms with Gasteiger partial charge in [0.05, 0.1) is 23.2 Å². The number of para-hydroxylation sites is 2. The molecule has 6 heteroatoms. The standard InChI is InChI=1S/C62H57BN2O2S/c1-36-28-41(61(6,7)8)29-37(2)58(36)65-52-33-42(62(9,10)11)32-51-57(52)63(56-46-31-40(60(3,4)5)23-27-55(46)68-59(56)65)49-30-39(48-35-67-54-19-15-13-17-45(48)54)22-26-50(49)64(51)43-24-20-38(21-25-43)47-34-66-53-18-14-12-16-44(47)53/h12-35H,1-11H3. The number of rotatable bonds is 4. The van der Waals surface area contributed by atoms with Gasteiger partial charge in [0.15, 0.2) is 0 Å². The largest absolute Gasteiger partial charge is 0.464 e. The molecule has 336 valence electrons. The number of furan rings is 2. The third-order valence-electron chi connectivity index (χ3n) is 14.7. The lowest BCUT2D eigenvalue weighted by molar-refractivity contribution is 0.589. The molecule has 0 saturated carbocycles. The number of thiophene rings is 1. The first-order chi connectivity index (χ1) is 32.4. The fraction of sp³-hybridized carbons (Fsp3) is 0.226. The van der Waals surface area contributed by atoms with Crippen molar-refractivity contribution in [3.63, 3.8) is 0 Å². The topological polar surface area (TPSA) is 32.8 Å². The van der Waals surface area contributed by atoms with Crippen molar-refractivity contribution in [3.05, 3.63) is 174 Å². The summed E-state index contributed by atoms with van der Waals surface area (Å²) in [6.07, 6.45) is 3.84. The molecule has 0 aliphatic carbocycles. The van der Waals surface area contributed by atoms with Crippen LogP contribution in [0, 0.1) is 13.8 Å². The summed E-state index contributed by atoms with van der Waals surface area (Å²) < 4.78 is 13.6. The van der Waals surface area contributed by atoms with Crippen LogP contribution in [-0.4, -0.2) is 6.71 Å². The van der Waals surface area contributed by atoms with Crippen LogP contribution in [0.3, 0.4) is 0 Å². The maximum atomic E-state index is 6.23. The van der Waals surface area contributed by atoms with Crippen LogP contribution < -0.4 is 26.2 Å². The Morgan fingerprint density at radius 1 is 0.471 bits per heavy atom. The Balaban J connectivity index is 1.19. The highest BCUT2D eigenvalue weighted by atomic mass is 32.1. The van der Waals surface area contributed by atoms with Gasteiger partial charge in [-0.3, -0.25) is 0 Å². The van der Waals surface area contributed by atoms with Gasteiger partial charge >= 0.3 is 0 Å². The summed E-state index contributed by atoms with van der Waals surface area (Å²) in [5.41, 5.74) is 22.7. The van der Waals surface area contributed by atoms with E-state index < -0.39 is 0 Å². The molecular weight excluding hydrogens is 848 g/mol. The van der Waals surface area contributed by atoms with Gasteiger partial charge < -0.3 is 18.6 Å². The molecule has 0 spiro atoms. The second-order valence-corrected chi connectivity index (χ2v) is 23.4. The molecule has 0 unspecified atom stereocenters. The quantitative estimate of drug-likeness (QED) is 0.165. The molecule has 0 saturated heterocycles. The average molecular weight is 905 g/mol. The predicted molar refractivity (Wildman–Crippen MR) is 292 cm³/mol. The highest BCUT2D eigenvalue weighted by Crippen LogP contribution is 2.51. The van der Waals surface area contributed by atoms with Gasteiger partial charge in [0.25, 0.3) is 6.71 Å². The second kappa shape index (κ2) is 14.9. The van der Waals surface area contributed by atoms with Crippen LogP contribution in [0.5, 0.6) is 0 Å². The van der Waals surface area contributed by atoms with E-state index in [9.17, 15) is 0 Å². The molecule has 4 nitrogen and oxygen atoms in total. The molecule has 2 aliphatic rings. The molecule has 0 fully saturated rings. The van der Waals surface area contributed by atoms with Gasteiger partial charge in [-0.2, -0.15) is 0 Å². The van der Waals surface area contributed by atoms with Crippen molar-refractivity contribution in [2.75, 3.05) is 9.80 Å². The van der Waals surface area contributed by atoms with Crippen LogP contribution in [0.1, 0.15) is 90.1 Å². The minimum absolute atomic E-state index is 0.0149. The number of benzene rings is 7. The van der Waals surface area contributed by atoms with Crippen molar-refractivity contribution in [2.24, 2.45) is 0 Å². The summed E-state index contributed by atoms with van der Waals surface area (Å²) in [6.45, 7) is 25.6. The highest BCUT2D eigenvalue weighted by molar-refractivity contribution is 7.26. The molecule has 0 amide bonds. The SMILES string of the molecule is Cc1cc(C(C)(C)C)cc(C)c1N1c2cc(C(C)(C)C)cc3c2B(c2cc(-c4coc5ccccc45)ccc2N3c2ccc(-c3coc4ccccc34)cc2)c2c1sc1ccc(C(C)(C)C)cc21. The Labute approximate surface area is 404 Å². The van der Waals surface area contributed by atoms with Crippen LogP contribution in [0.15, 0.2) is 155 Å². The summed E-state index contributed by atoms with van der Waals surface area (Å²) in [7, 11) is 0. The molecule has 0 radical (unpaired) electrons. The number of aryl methyl sites for hydroxylation is 2. The van der Waals surface area contributed by atoms with E-state index in [1.54, 1.807) is 0 Å². The first-order valence-corrected chi connectivity index (χ1v) is 24.9. The molecular formula is C62H57BN2O2S. The highest BCUT2D eigenvalue weighted by Gasteiger charge is 2.47. The van der Waals surface area contributed by atoms with Crippen molar-refractivity contribution >= 4 is 99.9 Å². The normalized spacial score (nSPS) is 13.7. The van der Waals surface area contributed by atoms with Gasteiger partial charge in [-0.15, -0.1) is 11.3 Å². The molecule has 3 aromatic heterocycles. The van der Waals surface area contributed by atoms with Crippen LogP contribution in [-0.2, 0) is 16.2 Å². The minimum Gasteiger partial charge on any atom is -0.464 e. The first-order valence-electron chi connectivity index (χ1n) is 24.1. The molecule has 12 rings (SSSR count). The Hall–Kier alpha value is -6.76. The fourth-order valence-corrected chi connectivity index (χ4v) is 12.3. The lowest BCUT2D eigenvalue weighted by Crippen LogP contribution is -2.61. The van der Waals surface area contributed by atoms with Crippen molar-refractivity contribution in [3.8, 4) is 22.3 Å². The number of anilines is 6. The zero-order valence-corrected chi connectivity index (χ0v) is 41.9. The third kappa shape index (κ3) is 6.54. The summed E-state index contributed by atoms with van der Waals surface area (Å²) >= 11 is 1.94. The number of nitrogens with zero attached hydrogens (tertiary/aromatic N) is 2. The maximum Gasteiger partial charge on any atom is 0.254 e. The first kappa shape index (κ1) is 42.6. The second-order valence-electron chi connectivity index (χ2n) is 22.4. The molecule has 0 bridgehead atoms. The molecule has 0 N–H and O–H groups in total. The molecule has 2 aliphatic heterocycles. The van der Waals surface area contributed by atoms with Gasteiger partial charge in [-0.25, -0.2) is 0 Å². The van der Waals surface area contributed by atoms with Gasteiger partial charge in [0.2, 0.25) is 0 Å². The van der Waals surface area contributed by atoms with E-state index in [2.05, 4.69) is 201 Å². The third-order valence-corrected chi connectivity index (χ3v) is 15.9. The molecule has 0 atom stereocenters. The zero-order valence-electron chi connectivity index (χ0n) is 41.1. The number of hydrogen-bond acceptors (Lipinski definition) is 5. The predicted octanol–water partition coefficient (Wildman–Crippen LogP) is 16.3. The Morgan fingerprint density at radius 3 is 1.62 bits per heavy atom. The molecule has 10 aromatic rings. The van der Waals surface area contributed by atoms with E-state index >= 15 is 0 Å². The van der Waals surface area contributed by atoms with E-state index in [4.69, 9.17) is 8.83 Å².